The van der Waals surface area contributed by atoms with Crippen LogP contribution in [0.2, 0.25) is 5.02 Å². The number of ketones is 4. The highest BCUT2D eigenvalue weighted by atomic mass is 35.5. The molecule has 4 atom stereocenters. The average molecular weight is 1770 g/mol. The van der Waals surface area contributed by atoms with Crippen LogP contribution in [0.15, 0.2) is 284 Å². The second-order valence-corrected chi connectivity index (χ2v) is 34.0. The molecule has 0 spiro atoms. The number of aromatic nitrogens is 5. The highest BCUT2D eigenvalue weighted by Crippen LogP contribution is 2.48. The molecule has 4 aromatic heterocycles. The number of amides is 4. The zero-order valence-corrected chi connectivity index (χ0v) is 75.0. The van der Waals surface area contributed by atoms with Crippen LogP contribution in [0.5, 0.6) is 0 Å². The van der Waals surface area contributed by atoms with Gasteiger partial charge in [0.1, 0.15) is 46.6 Å². The Morgan fingerprint density at radius 2 is 0.565 bits per heavy atom. The molecule has 4 saturated heterocycles. The van der Waals surface area contributed by atoms with Crippen molar-refractivity contribution in [3.63, 3.8) is 0 Å². The lowest BCUT2D eigenvalue weighted by Gasteiger charge is -2.25. The molecule has 8 heterocycles. The van der Waals surface area contributed by atoms with Crippen molar-refractivity contribution in [2.24, 2.45) is 0 Å². The summed E-state index contributed by atoms with van der Waals surface area (Å²) in [6, 6.07) is 70.0. The van der Waals surface area contributed by atoms with E-state index < -0.39 is 76.9 Å². The number of aromatic carboxylic acids is 1. The number of carboxylic acid groups (broad SMARTS) is 1. The Labute approximate surface area is 763 Å². The molecule has 16 rings (SSSR count). The number of benzene rings is 8. The van der Waals surface area contributed by atoms with Crippen LogP contribution in [0.3, 0.4) is 0 Å². The largest absolute Gasteiger partial charge is 0.507 e. The van der Waals surface area contributed by atoms with Gasteiger partial charge in [-0.25, -0.2) is 19.7 Å². The number of hydrogen-bond donors (Lipinski definition) is 5. The third-order valence-electron chi connectivity index (χ3n) is 23.1. The number of nitriles is 1. The maximum absolute atomic E-state index is 13.2. The zero-order valence-electron chi connectivity index (χ0n) is 74.2. The first-order valence-corrected chi connectivity index (χ1v) is 42.8. The first kappa shape index (κ1) is 92.9. The Kier molecular flexibility index (Phi) is 28.1. The number of hydrogen-bond acceptors (Lipinski definition) is 19. The number of halogens is 1. The number of pyridine rings is 3. The van der Waals surface area contributed by atoms with E-state index in [0.717, 1.165) is 50.7 Å². The normalized spacial score (nSPS) is 17.7. The van der Waals surface area contributed by atoms with Crippen LogP contribution in [-0.4, -0.2) is 103 Å². The van der Waals surface area contributed by atoms with Crippen molar-refractivity contribution in [3.05, 3.63) is 394 Å². The number of aliphatic hydroxyl groups excluding tert-OH is 4. The predicted molar refractivity (Wildman–Crippen MR) is 502 cm³/mol. The van der Waals surface area contributed by atoms with E-state index in [4.69, 9.17) is 16.9 Å². The molecule has 8 aromatic carbocycles. The quantitative estimate of drug-likeness (QED) is 0.0321. The van der Waals surface area contributed by atoms with E-state index in [1.54, 1.807) is 85.8 Å². The number of aliphatic hydroxyl groups is 4. The van der Waals surface area contributed by atoms with Crippen molar-refractivity contribution >= 4 is 111 Å². The molecule has 0 radical (unpaired) electrons. The summed E-state index contributed by atoms with van der Waals surface area (Å²) in [5.74, 6) is -6.11. The number of aryl methyl sites for hydroxylation is 5. The van der Waals surface area contributed by atoms with Gasteiger partial charge in [-0.1, -0.05) is 283 Å². The van der Waals surface area contributed by atoms with Crippen molar-refractivity contribution < 1.29 is 68.7 Å². The molecule has 4 amide bonds. The van der Waals surface area contributed by atoms with E-state index >= 15 is 0 Å². The molecule has 4 aliphatic heterocycles. The van der Waals surface area contributed by atoms with Crippen LogP contribution in [0.1, 0.15) is 214 Å². The number of rotatable bonds is 17. The number of nitrogens with zero attached hydrogens (tertiary/aromatic N) is 10. The van der Waals surface area contributed by atoms with Crippen molar-refractivity contribution in [3.8, 4) is 6.07 Å². The summed E-state index contributed by atoms with van der Waals surface area (Å²) >= 11 is 5.97. The van der Waals surface area contributed by atoms with Gasteiger partial charge >= 0.3 is 29.6 Å². The number of anilines is 4. The fraction of sp³-hybridized carbons (Fsp3) is 0.198. The van der Waals surface area contributed by atoms with Crippen molar-refractivity contribution in [1.29, 1.82) is 5.26 Å². The molecule has 131 heavy (non-hydrogen) atoms. The van der Waals surface area contributed by atoms with E-state index in [2.05, 4.69) is 80.5 Å². The van der Waals surface area contributed by atoms with E-state index in [9.17, 15) is 68.7 Å². The lowest BCUT2D eigenvalue weighted by molar-refractivity contribution is -0.132. The Morgan fingerprint density at radius 1 is 0.313 bits per heavy atom. The van der Waals surface area contributed by atoms with Crippen molar-refractivity contribution in [2.75, 3.05) is 19.6 Å². The third kappa shape index (κ3) is 19.7. The Balaban J connectivity index is 0.000000149. The molecule has 24 nitrogen and oxygen atoms in total. The maximum atomic E-state index is 13.2. The Bertz CT molecular complexity index is 6380. The first-order valence-electron chi connectivity index (χ1n) is 42.4. The summed E-state index contributed by atoms with van der Waals surface area (Å²) < 4.78 is 0. The second kappa shape index (κ2) is 39.7. The first-order chi connectivity index (χ1) is 62.5. The van der Waals surface area contributed by atoms with Crippen molar-refractivity contribution in [2.45, 2.75) is 138 Å². The number of carboxylic acids is 1. The monoisotopic (exact) mass is 1770 g/mol. The lowest BCUT2D eigenvalue weighted by atomic mass is 9.93. The number of carbonyl (C=O) groups is 9. The van der Waals surface area contributed by atoms with Crippen LogP contribution in [0, 0.1) is 45.9 Å². The molecule has 0 aliphatic carbocycles. The van der Waals surface area contributed by atoms with E-state index in [1.807, 2.05) is 179 Å². The van der Waals surface area contributed by atoms with Gasteiger partial charge in [-0.2, -0.15) is 10.4 Å². The van der Waals surface area contributed by atoms with Gasteiger partial charge in [-0.05, 0) is 151 Å². The van der Waals surface area contributed by atoms with Gasteiger partial charge < -0.3 is 25.5 Å². The summed E-state index contributed by atoms with van der Waals surface area (Å²) in [4.78, 5) is 134. The standard InChI is InChI=1S/C27H23N3O3.C27H24N2O5.C26H23ClN2O3.C26H25N3O3/c1-16(2)19-9-11-20(12-10-19)24-23(25(31)21-7-4-17(3)5-8-21)26(32)27(33)30(24)22-13-6-18(14-28)15-29-22;1-15(2)17-8-10-18(11-9-17)23-22(24(30)19-6-4-16(3)5-7-19)25(31)26(32)29(23)21-13-12-20(14-28-21)27(33)34;1-15(2)17-8-10-18(11-9-17)23-22(24(30)19-6-4-16(3)5-7-19)25(31)26(32)29(23)21-13-12-20(27)14-28-21;1-15(2)18-10-12-19(13-11-18)23-22(24(30)20-8-5-16(3)6-9-20)25(31)26(32)29(23)21-14-7-17(4)27-28-21/h4-13,15-16,24,31H,1-3H3;4-15,23,30H,1-3H3,(H,33,34);4-15,23,30H,1-3H3;5-15,23,30H,1-4H3. The van der Waals surface area contributed by atoms with Crippen molar-refractivity contribution in [1.82, 2.24) is 25.1 Å². The second-order valence-electron chi connectivity index (χ2n) is 33.5. The van der Waals surface area contributed by atoms with Crippen LogP contribution in [0.25, 0.3) is 23.0 Å². The smallest absolute Gasteiger partial charge is 0.337 e. The third-order valence-corrected chi connectivity index (χ3v) is 23.3. The summed E-state index contributed by atoms with van der Waals surface area (Å²) in [5, 5.41) is 71.4. The fourth-order valence-electron chi connectivity index (χ4n) is 15.5. The lowest BCUT2D eigenvalue weighted by Crippen LogP contribution is -2.30. The topological polar surface area (TPSA) is 356 Å². The molecular weight excluding hydrogens is 1670 g/mol. The fourth-order valence-corrected chi connectivity index (χ4v) is 15.6. The van der Waals surface area contributed by atoms with Gasteiger partial charge in [-0.3, -0.25) is 58.0 Å². The van der Waals surface area contributed by atoms with Gasteiger partial charge in [0, 0.05) is 40.8 Å². The minimum atomic E-state index is -1.15. The molecule has 0 saturated carbocycles. The minimum Gasteiger partial charge on any atom is -0.507 e. The molecule has 25 heteroatoms. The summed E-state index contributed by atoms with van der Waals surface area (Å²) in [6.45, 7) is 26.2. The van der Waals surface area contributed by atoms with Crippen LogP contribution < -0.4 is 19.6 Å². The number of carbonyl (C=O) groups excluding carboxylic acids is 8. The minimum absolute atomic E-state index is 0.00677. The van der Waals surface area contributed by atoms with Gasteiger partial charge in [0.15, 0.2) is 5.82 Å². The Hall–Kier alpha value is -15.7. The highest BCUT2D eigenvalue weighted by Gasteiger charge is 2.52. The van der Waals surface area contributed by atoms with Gasteiger partial charge in [0.2, 0.25) is 0 Å². The SMILES string of the molecule is Cc1ccc(C(O)=C2C(=O)C(=O)N(c3ccc(C#N)cn3)C2c2ccc(C(C)C)cc2)cc1.Cc1ccc(C(O)=C2C(=O)C(=O)N(c3ccc(C(=O)O)cn3)C2c2ccc(C(C)C)cc2)cc1.Cc1ccc(C(O)=C2C(=O)C(=O)N(c3ccc(C)nn3)C2c2ccc(C(C)C)cc2)cc1.Cc1ccc(C(O)=C2C(=O)C(=O)N(c3ccc(Cl)cn3)C2c2ccc(C(C)C)cc2)cc1. The molecule has 4 aliphatic rings. The summed E-state index contributed by atoms with van der Waals surface area (Å²) in [6.07, 6.45) is 3.92. The molecule has 0 bridgehead atoms. The molecule has 5 N–H and O–H groups in total. The maximum Gasteiger partial charge on any atom is 0.337 e. The molecular formula is C106H95ClN10O14. The van der Waals surface area contributed by atoms with E-state index in [0.29, 0.717) is 78.5 Å². The molecule has 660 valence electrons. The van der Waals surface area contributed by atoms with Crippen LogP contribution in [0.4, 0.5) is 23.3 Å². The molecule has 4 unspecified atom stereocenters. The van der Waals surface area contributed by atoms with E-state index in [1.165, 1.54) is 50.2 Å². The summed E-state index contributed by atoms with van der Waals surface area (Å²) in [5.41, 5.74) is 14.1. The summed E-state index contributed by atoms with van der Waals surface area (Å²) in [7, 11) is 0. The molecule has 12 aromatic rings. The average Bonchev–Trinajstić information content (AvgIpc) is 1.62. The van der Waals surface area contributed by atoms with Crippen LogP contribution >= 0.6 is 11.6 Å². The van der Waals surface area contributed by atoms with Crippen LogP contribution in [-0.2, 0) is 38.4 Å². The molecule has 4 fully saturated rings. The van der Waals surface area contributed by atoms with Gasteiger partial charge in [0.25, 0.3) is 23.1 Å². The highest BCUT2D eigenvalue weighted by molar-refractivity contribution is 6.54. The zero-order chi connectivity index (χ0) is 94.2. The van der Waals surface area contributed by atoms with Gasteiger partial charge in [-0.15, -0.1) is 5.10 Å². The van der Waals surface area contributed by atoms with Gasteiger partial charge in [0.05, 0.1) is 68.3 Å². The Morgan fingerprint density at radius 3 is 0.786 bits per heavy atom. The van der Waals surface area contributed by atoms with E-state index in [-0.39, 0.29) is 80.1 Å². The number of Topliss-reactive ketones (excluding diaryl/α,β-unsaturated/α-hetero) is 4. The predicted octanol–water partition coefficient (Wildman–Crippen LogP) is 20.5.